The van der Waals surface area contributed by atoms with Gasteiger partial charge in [0.05, 0.1) is 34.8 Å². The summed E-state index contributed by atoms with van der Waals surface area (Å²) >= 11 is 0. The Morgan fingerprint density at radius 2 is 1.37 bits per heavy atom. The number of nitrogens with zero attached hydrogens (tertiary/aromatic N) is 1. The van der Waals surface area contributed by atoms with Crippen molar-refractivity contribution in [1.29, 1.82) is 0 Å². The number of ether oxygens (including phenoxy) is 1. The second kappa shape index (κ2) is 11.5. The van der Waals surface area contributed by atoms with Gasteiger partial charge in [0.1, 0.15) is 5.75 Å². The van der Waals surface area contributed by atoms with Crippen LogP contribution in [-0.2, 0) is 20.0 Å². The maximum atomic E-state index is 14.1. The molecule has 0 radical (unpaired) electrons. The summed E-state index contributed by atoms with van der Waals surface area (Å²) in [4.78, 5) is 0.161. The summed E-state index contributed by atoms with van der Waals surface area (Å²) in [5, 5.41) is 1.63. The molecule has 0 amide bonds. The van der Waals surface area contributed by atoms with Gasteiger partial charge in [-0.25, -0.2) is 16.8 Å². The molecule has 5 aromatic carbocycles. The van der Waals surface area contributed by atoms with E-state index in [1.54, 1.807) is 60.7 Å². The Morgan fingerprint density at radius 1 is 0.732 bits per heavy atom. The van der Waals surface area contributed by atoms with Crippen LogP contribution in [-0.4, -0.2) is 30.5 Å². The molecule has 41 heavy (non-hydrogen) atoms. The molecule has 0 heterocycles. The summed E-state index contributed by atoms with van der Waals surface area (Å²) in [5.74, 6) is 0.451. The molecule has 0 aliphatic carbocycles. The first-order valence-electron chi connectivity index (χ1n) is 12.7. The molecule has 0 fully saturated rings. The predicted octanol–water partition coefficient (Wildman–Crippen LogP) is 6.70. The molecule has 9 heteroatoms. The van der Waals surface area contributed by atoms with Gasteiger partial charge in [-0.15, -0.1) is 6.58 Å². The van der Waals surface area contributed by atoms with E-state index >= 15 is 0 Å². The number of hydrogen-bond acceptors (Lipinski definition) is 5. The maximum Gasteiger partial charge on any atom is 0.264 e. The zero-order chi connectivity index (χ0) is 29.0. The molecule has 0 aliphatic heterocycles. The van der Waals surface area contributed by atoms with E-state index in [-0.39, 0.29) is 27.7 Å². The van der Waals surface area contributed by atoms with Crippen molar-refractivity contribution in [2.45, 2.75) is 9.79 Å². The Hall–Kier alpha value is -4.60. The van der Waals surface area contributed by atoms with E-state index in [0.717, 1.165) is 10.8 Å². The largest absolute Gasteiger partial charge is 0.496 e. The number of benzene rings is 5. The minimum atomic E-state index is -4.09. The zero-order valence-corrected chi connectivity index (χ0v) is 23.9. The average Bonchev–Trinajstić information content (AvgIpc) is 3.00. The van der Waals surface area contributed by atoms with Crippen molar-refractivity contribution in [3.05, 3.63) is 128 Å². The summed E-state index contributed by atoms with van der Waals surface area (Å²) < 4.78 is 64.9. The third-order valence-corrected chi connectivity index (χ3v) is 9.77. The van der Waals surface area contributed by atoms with E-state index in [1.165, 1.54) is 41.8 Å². The van der Waals surface area contributed by atoms with Crippen molar-refractivity contribution in [2.24, 2.45) is 0 Å². The summed E-state index contributed by atoms with van der Waals surface area (Å²) in [6.45, 7) is 3.74. The molecule has 208 valence electrons. The van der Waals surface area contributed by atoms with E-state index in [2.05, 4.69) is 11.3 Å². The molecule has 0 atom stereocenters. The van der Waals surface area contributed by atoms with Crippen molar-refractivity contribution >= 4 is 42.2 Å². The molecule has 0 aromatic heterocycles. The smallest absolute Gasteiger partial charge is 0.264 e. The molecule has 0 aliphatic rings. The highest BCUT2D eigenvalue weighted by Gasteiger charge is 2.30. The minimum absolute atomic E-state index is 0.0633. The fourth-order valence-corrected chi connectivity index (χ4v) is 7.30. The van der Waals surface area contributed by atoms with Gasteiger partial charge in [0.25, 0.3) is 20.0 Å². The van der Waals surface area contributed by atoms with Crippen LogP contribution in [0.5, 0.6) is 5.75 Å². The molecule has 0 unspecified atom stereocenters. The number of rotatable bonds is 10. The first-order chi connectivity index (χ1) is 19.8. The first kappa shape index (κ1) is 27.9. The Balaban J connectivity index is 1.85. The molecule has 0 saturated heterocycles. The number of anilines is 2. The summed E-state index contributed by atoms with van der Waals surface area (Å²) in [7, 11) is -6.61. The fourth-order valence-electron chi connectivity index (χ4n) is 4.74. The van der Waals surface area contributed by atoms with E-state index < -0.39 is 20.0 Å². The summed E-state index contributed by atoms with van der Waals surface area (Å²) in [6, 6.07) is 32.2. The Labute approximate surface area is 240 Å². The molecule has 0 spiro atoms. The normalized spacial score (nSPS) is 11.6. The van der Waals surface area contributed by atoms with Crippen LogP contribution in [0, 0.1) is 0 Å². The Morgan fingerprint density at radius 3 is 2.02 bits per heavy atom. The summed E-state index contributed by atoms with van der Waals surface area (Å²) in [5.41, 5.74) is 1.35. The van der Waals surface area contributed by atoms with E-state index in [1.807, 2.05) is 30.3 Å². The second-order valence-electron chi connectivity index (χ2n) is 9.12. The number of nitrogens with one attached hydrogen (secondary N) is 1. The molecule has 0 bridgehead atoms. The van der Waals surface area contributed by atoms with Crippen LogP contribution in [0.25, 0.3) is 21.9 Å². The van der Waals surface area contributed by atoms with Crippen molar-refractivity contribution in [3.8, 4) is 16.9 Å². The molecule has 0 saturated carbocycles. The topological polar surface area (TPSA) is 92.8 Å². The van der Waals surface area contributed by atoms with Crippen molar-refractivity contribution in [2.75, 3.05) is 22.7 Å². The van der Waals surface area contributed by atoms with Crippen LogP contribution in [0.3, 0.4) is 0 Å². The number of methoxy groups -OCH3 is 1. The van der Waals surface area contributed by atoms with Gasteiger partial charge in [-0.2, -0.15) is 0 Å². The maximum absolute atomic E-state index is 14.1. The highest BCUT2D eigenvalue weighted by Crippen LogP contribution is 2.47. The highest BCUT2D eigenvalue weighted by atomic mass is 32.2. The molecule has 1 N–H and O–H groups in total. The SMILES string of the molecule is C=CCN(c1cccc(NS(=O)(=O)c2ccccc2)c1-c1c(OC)ccc2ccccc12)S(=O)(=O)c1ccccc1. The predicted molar refractivity (Wildman–Crippen MR) is 164 cm³/mol. The summed E-state index contributed by atoms with van der Waals surface area (Å²) in [6.07, 6.45) is 1.49. The van der Waals surface area contributed by atoms with Crippen LogP contribution in [0.2, 0.25) is 0 Å². The Kier molecular flexibility index (Phi) is 7.83. The van der Waals surface area contributed by atoms with Gasteiger partial charge >= 0.3 is 0 Å². The zero-order valence-electron chi connectivity index (χ0n) is 22.3. The quantitative estimate of drug-likeness (QED) is 0.185. The monoisotopic (exact) mass is 584 g/mol. The lowest BCUT2D eigenvalue weighted by Crippen LogP contribution is -2.32. The standard InChI is InChI=1S/C32H28N2O5S2/c1-3-23-34(41(37,38)26-16-8-5-9-17-26)29-20-12-19-28(33-40(35,36)25-14-6-4-7-15-25)32(29)31-27-18-11-10-13-24(27)21-22-30(31)39-2/h3-22,33H,1,23H2,2H3. The lowest BCUT2D eigenvalue weighted by Gasteiger charge is -2.28. The van der Waals surface area contributed by atoms with Gasteiger partial charge in [0.2, 0.25) is 0 Å². The third kappa shape index (κ3) is 5.41. The molecular formula is C32H28N2O5S2. The molecule has 7 nitrogen and oxygen atoms in total. The lowest BCUT2D eigenvalue weighted by molar-refractivity contribution is 0.417. The van der Waals surface area contributed by atoms with Crippen LogP contribution >= 0.6 is 0 Å². The molecule has 5 rings (SSSR count). The van der Waals surface area contributed by atoms with Crippen molar-refractivity contribution in [3.63, 3.8) is 0 Å². The lowest BCUT2D eigenvalue weighted by atomic mass is 9.94. The number of hydrogen-bond donors (Lipinski definition) is 1. The number of sulfonamides is 2. The third-order valence-electron chi connectivity index (χ3n) is 6.60. The van der Waals surface area contributed by atoms with Gasteiger partial charge in [-0.1, -0.05) is 78.9 Å². The molecular weight excluding hydrogens is 556 g/mol. The van der Waals surface area contributed by atoms with Crippen LogP contribution < -0.4 is 13.8 Å². The average molecular weight is 585 g/mol. The molecule has 5 aromatic rings. The van der Waals surface area contributed by atoms with Crippen LogP contribution in [0.15, 0.2) is 138 Å². The van der Waals surface area contributed by atoms with E-state index in [4.69, 9.17) is 4.74 Å². The Bertz CT molecular complexity index is 1930. The fraction of sp³-hybridized carbons (Fsp3) is 0.0625. The van der Waals surface area contributed by atoms with Crippen LogP contribution in [0.1, 0.15) is 0 Å². The van der Waals surface area contributed by atoms with Gasteiger partial charge in [-0.05, 0) is 53.2 Å². The first-order valence-corrected chi connectivity index (χ1v) is 15.7. The number of fused-ring (bicyclic) bond motifs is 1. The van der Waals surface area contributed by atoms with Crippen LogP contribution in [0.4, 0.5) is 11.4 Å². The van der Waals surface area contributed by atoms with Gasteiger partial charge in [0.15, 0.2) is 0 Å². The van der Waals surface area contributed by atoms with Gasteiger partial charge in [-0.3, -0.25) is 9.03 Å². The highest BCUT2D eigenvalue weighted by molar-refractivity contribution is 7.93. The van der Waals surface area contributed by atoms with Gasteiger partial charge < -0.3 is 4.74 Å². The second-order valence-corrected chi connectivity index (χ2v) is 12.7. The van der Waals surface area contributed by atoms with Crippen molar-refractivity contribution < 1.29 is 21.6 Å². The van der Waals surface area contributed by atoms with E-state index in [9.17, 15) is 16.8 Å². The van der Waals surface area contributed by atoms with Crippen molar-refractivity contribution in [1.82, 2.24) is 0 Å². The van der Waals surface area contributed by atoms with Gasteiger partial charge in [0, 0.05) is 11.1 Å². The minimum Gasteiger partial charge on any atom is -0.496 e. The van der Waals surface area contributed by atoms with E-state index in [0.29, 0.717) is 16.9 Å².